The minimum atomic E-state index is -0.372. The molecule has 16 heavy (non-hydrogen) atoms. The Bertz CT molecular complexity index is 457. The molecule has 0 spiro atoms. The fraction of sp³-hybridized carbons (Fsp3) is 0.364. The van der Waals surface area contributed by atoms with Gasteiger partial charge in [0.25, 0.3) is 0 Å². The molecule has 0 fully saturated rings. The van der Waals surface area contributed by atoms with Gasteiger partial charge < -0.3 is 4.74 Å². The van der Waals surface area contributed by atoms with E-state index in [-0.39, 0.29) is 11.9 Å². The third-order valence-corrected chi connectivity index (χ3v) is 2.42. The van der Waals surface area contributed by atoms with Crippen molar-refractivity contribution in [2.24, 2.45) is 0 Å². The van der Waals surface area contributed by atoms with Crippen LogP contribution in [0.3, 0.4) is 0 Å². The van der Waals surface area contributed by atoms with Gasteiger partial charge in [-0.15, -0.1) is 0 Å². The number of aromatic nitrogens is 1. The first-order valence-electron chi connectivity index (χ1n) is 5.03. The highest BCUT2D eigenvalue weighted by Gasteiger charge is 2.24. The lowest BCUT2D eigenvalue weighted by Gasteiger charge is -2.13. The number of hydrogen-bond donors (Lipinski definition) is 0. The smallest absolute Gasteiger partial charge is 0.308 e. The number of hydrogen-bond acceptors (Lipinski definition) is 4. The molecule has 0 aliphatic carbocycles. The average Bonchev–Trinajstić information content (AvgIpc) is 2.59. The van der Waals surface area contributed by atoms with Crippen molar-refractivity contribution in [1.82, 2.24) is 4.98 Å². The second-order valence-electron chi connectivity index (χ2n) is 3.67. The van der Waals surface area contributed by atoms with Crippen LogP contribution in [0.15, 0.2) is 12.3 Å². The maximum absolute atomic E-state index is 11.3. The third-order valence-electron chi connectivity index (χ3n) is 2.42. The SMILES string of the molecule is CC(=O)Oc1cnc2c(c1)CCN2C(C)=O. The van der Waals surface area contributed by atoms with E-state index in [1.54, 1.807) is 11.0 Å². The normalized spacial score (nSPS) is 13.5. The van der Waals surface area contributed by atoms with Crippen LogP contribution in [-0.2, 0) is 16.0 Å². The van der Waals surface area contributed by atoms with Crippen molar-refractivity contribution in [2.75, 3.05) is 11.4 Å². The van der Waals surface area contributed by atoms with Crippen LogP contribution in [0.5, 0.6) is 5.75 Å². The van der Waals surface area contributed by atoms with Crippen LogP contribution in [0.4, 0.5) is 5.82 Å². The Labute approximate surface area is 93.0 Å². The van der Waals surface area contributed by atoms with Crippen LogP contribution >= 0.6 is 0 Å². The van der Waals surface area contributed by atoms with Crippen LogP contribution in [-0.4, -0.2) is 23.4 Å². The van der Waals surface area contributed by atoms with Crippen molar-refractivity contribution in [1.29, 1.82) is 0 Å². The quantitative estimate of drug-likeness (QED) is 0.660. The Balaban J connectivity index is 2.29. The predicted molar refractivity (Wildman–Crippen MR) is 57.3 cm³/mol. The lowest BCUT2D eigenvalue weighted by atomic mass is 10.2. The summed E-state index contributed by atoms with van der Waals surface area (Å²) in [6.45, 7) is 3.49. The zero-order valence-corrected chi connectivity index (χ0v) is 9.19. The molecule has 5 heteroatoms. The van der Waals surface area contributed by atoms with E-state index in [1.807, 2.05) is 0 Å². The summed E-state index contributed by atoms with van der Waals surface area (Å²) in [6, 6.07) is 1.76. The Kier molecular flexibility index (Phi) is 2.60. The maximum Gasteiger partial charge on any atom is 0.308 e. The molecule has 1 aromatic heterocycles. The van der Waals surface area contributed by atoms with E-state index in [1.165, 1.54) is 20.0 Å². The number of pyridine rings is 1. The fourth-order valence-electron chi connectivity index (χ4n) is 1.77. The van der Waals surface area contributed by atoms with Gasteiger partial charge in [0.1, 0.15) is 11.6 Å². The van der Waals surface area contributed by atoms with Crippen LogP contribution in [0, 0.1) is 0 Å². The van der Waals surface area contributed by atoms with E-state index < -0.39 is 0 Å². The number of carbonyl (C=O) groups is 2. The highest BCUT2D eigenvalue weighted by molar-refractivity contribution is 5.92. The van der Waals surface area contributed by atoms with Gasteiger partial charge in [-0.05, 0) is 12.5 Å². The third kappa shape index (κ3) is 1.88. The van der Waals surface area contributed by atoms with Gasteiger partial charge in [0.15, 0.2) is 0 Å². The summed E-state index contributed by atoms with van der Waals surface area (Å²) in [5, 5.41) is 0. The number of fused-ring (bicyclic) bond motifs is 1. The lowest BCUT2D eigenvalue weighted by Crippen LogP contribution is -2.26. The molecule has 1 amide bonds. The monoisotopic (exact) mass is 220 g/mol. The molecule has 0 bridgehead atoms. The molecule has 0 saturated carbocycles. The summed E-state index contributed by atoms with van der Waals surface area (Å²) in [6.07, 6.45) is 2.21. The van der Waals surface area contributed by atoms with E-state index >= 15 is 0 Å². The molecule has 0 saturated heterocycles. The van der Waals surface area contributed by atoms with Gasteiger partial charge in [-0.25, -0.2) is 4.98 Å². The number of rotatable bonds is 1. The van der Waals surface area contributed by atoms with Gasteiger partial charge in [-0.2, -0.15) is 0 Å². The fourth-order valence-corrected chi connectivity index (χ4v) is 1.77. The van der Waals surface area contributed by atoms with E-state index in [0.717, 1.165) is 12.0 Å². The van der Waals surface area contributed by atoms with Crippen molar-refractivity contribution < 1.29 is 14.3 Å². The molecule has 0 N–H and O–H groups in total. The van der Waals surface area contributed by atoms with Crippen molar-refractivity contribution in [2.45, 2.75) is 20.3 Å². The summed E-state index contributed by atoms with van der Waals surface area (Å²) >= 11 is 0. The minimum absolute atomic E-state index is 0.0218. The first-order valence-corrected chi connectivity index (χ1v) is 5.03. The minimum Gasteiger partial charge on any atom is -0.425 e. The summed E-state index contributed by atoms with van der Waals surface area (Å²) in [5.74, 6) is 0.703. The summed E-state index contributed by atoms with van der Waals surface area (Å²) in [4.78, 5) is 27.8. The number of anilines is 1. The zero-order chi connectivity index (χ0) is 11.7. The van der Waals surface area contributed by atoms with Crippen molar-refractivity contribution in [3.63, 3.8) is 0 Å². The molecule has 0 aromatic carbocycles. The second kappa shape index (κ2) is 3.92. The number of esters is 1. The van der Waals surface area contributed by atoms with Gasteiger partial charge in [0.2, 0.25) is 5.91 Å². The predicted octanol–water partition coefficient (Wildman–Crippen LogP) is 0.916. The van der Waals surface area contributed by atoms with Gasteiger partial charge in [-0.1, -0.05) is 0 Å². The van der Waals surface area contributed by atoms with Gasteiger partial charge in [0.05, 0.1) is 6.20 Å². The molecule has 0 atom stereocenters. The number of ether oxygens (including phenoxy) is 1. The Morgan fingerprint density at radius 1 is 1.44 bits per heavy atom. The highest BCUT2D eigenvalue weighted by atomic mass is 16.5. The summed E-state index contributed by atoms with van der Waals surface area (Å²) < 4.78 is 4.93. The topological polar surface area (TPSA) is 59.5 Å². The van der Waals surface area contributed by atoms with Crippen LogP contribution in [0.25, 0.3) is 0 Å². The van der Waals surface area contributed by atoms with E-state index in [9.17, 15) is 9.59 Å². The van der Waals surface area contributed by atoms with Crippen molar-refractivity contribution in [3.05, 3.63) is 17.8 Å². The van der Waals surface area contributed by atoms with E-state index in [2.05, 4.69) is 4.98 Å². The Morgan fingerprint density at radius 3 is 2.81 bits per heavy atom. The molecule has 84 valence electrons. The van der Waals surface area contributed by atoms with Crippen LogP contribution in [0.1, 0.15) is 19.4 Å². The molecule has 0 unspecified atom stereocenters. The highest BCUT2D eigenvalue weighted by Crippen LogP contribution is 2.28. The molecule has 1 aliphatic heterocycles. The molecular formula is C11H12N2O3. The van der Waals surface area contributed by atoms with Gasteiger partial charge in [-0.3, -0.25) is 14.5 Å². The first kappa shape index (κ1) is 10.6. The molecular weight excluding hydrogens is 208 g/mol. The standard InChI is InChI=1S/C11H12N2O3/c1-7(14)13-4-3-9-5-10(16-8(2)15)6-12-11(9)13/h5-6H,3-4H2,1-2H3. The molecule has 5 nitrogen and oxygen atoms in total. The second-order valence-corrected chi connectivity index (χ2v) is 3.67. The number of amides is 1. The average molecular weight is 220 g/mol. The molecule has 1 aliphatic rings. The van der Waals surface area contributed by atoms with Crippen molar-refractivity contribution in [3.8, 4) is 5.75 Å². The van der Waals surface area contributed by atoms with Gasteiger partial charge in [0, 0.05) is 26.0 Å². The first-order chi connectivity index (χ1) is 7.58. The Hall–Kier alpha value is -1.91. The van der Waals surface area contributed by atoms with Crippen LogP contribution in [0.2, 0.25) is 0 Å². The van der Waals surface area contributed by atoms with Gasteiger partial charge >= 0.3 is 5.97 Å². The lowest BCUT2D eigenvalue weighted by molar-refractivity contribution is -0.131. The Morgan fingerprint density at radius 2 is 2.19 bits per heavy atom. The molecule has 2 rings (SSSR count). The van der Waals surface area contributed by atoms with E-state index in [0.29, 0.717) is 18.1 Å². The largest absolute Gasteiger partial charge is 0.425 e. The molecule has 0 radical (unpaired) electrons. The van der Waals surface area contributed by atoms with E-state index in [4.69, 9.17) is 4.74 Å². The summed E-state index contributed by atoms with van der Waals surface area (Å²) in [5.41, 5.74) is 0.939. The zero-order valence-electron chi connectivity index (χ0n) is 9.19. The van der Waals surface area contributed by atoms with Crippen molar-refractivity contribution >= 4 is 17.7 Å². The summed E-state index contributed by atoms with van der Waals surface area (Å²) in [7, 11) is 0. The number of carbonyl (C=O) groups excluding carboxylic acids is 2. The molecule has 1 aromatic rings. The molecule has 2 heterocycles. The maximum atomic E-state index is 11.3. The number of nitrogens with zero attached hydrogens (tertiary/aromatic N) is 2. The van der Waals surface area contributed by atoms with Crippen LogP contribution < -0.4 is 9.64 Å².